The molecular weight excluding hydrogens is 437 g/mol. The Balaban J connectivity index is 1.78. The third-order valence-corrected chi connectivity index (χ3v) is 5.56. The Labute approximate surface area is 195 Å². The van der Waals surface area contributed by atoms with Crippen molar-refractivity contribution in [3.05, 3.63) is 106 Å². The lowest BCUT2D eigenvalue weighted by atomic mass is 9.87. The first-order valence-corrected chi connectivity index (χ1v) is 10.6. The van der Waals surface area contributed by atoms with Crippen LogP contribution < -0.4 is 10.2 Å². The maximum Gasteiger partial charge on any atom is 0.282 e. The molecule has 1 N–H and O–H groups in total. The van der Waals surface area contributed by atoms with Gasteiger partial charge < -0.3 is 5.32 Å². The minimum atomic E-state index is -0.612. The lowest BCUT2D eigenvalue weighted by Gasteiger charge is -2.19. The largest absolute Gasteiger partial charge is 0.350 e. The second-order valence-electron chi connectivity index (χ2n) is 8.93. The minimum absolute atomic E-state index is 0.0340. The average Bonchev–Trinajstić information content (AvgIpc) is 3.03. The van der Waals surface area contributed by atoms with Crippen LogP contribution in [0.4, 0.5) is 21.5 Å². The Hall–Kier alpha value is -4.33. The van der Waals surface area contributed by atoms with Crippen LogP contribution in [0, 0.1) is 15.9 Å². The summed E-state index contributed by atoms with van der Waals surface area (Å²) in [7, 11) is 0. The maximum absolute atomic E-state index is 13.4. The minimum Gasteiger partial charge on any atom is -0.350 e. The van der Waals surface area contributed by atoms with Gasteiger partial charge in [0.05, 0.1) is 16.2 Å². The molecule has 0 spiro atoms. The molecule has 0 aliphatic carbocycles. The summed E-state index contributed by atoms with van der Waals surface area (Å²) >= 11 is 0. The molecule has 0 bridgehead atoms. The molecule has 0 fully saturated rings. The van der Waals surface area contributed by atoms with Crippen molar-refractivity contribution in [1.29, 1.82) is 0 Å². The number of hydrogen-bond acceptors (Lipinski definition) is 5. The molecule has 0 saturated carbocycles. The first-order chi connectivity index (χ1) is 16.1. The smallest absolute Gasteiger partial charge is 0.282 e. The SMILES string of the molecule is CC(C)(C)c1ccc(NC2=C(c3ccc([N+](=O)[O-])cc3)C(=O)N(c3ccc(F)cc3)C2=O)cc1. The van der Waals surface area contributed by atoms with E-state index in [9.17, 15) is 24.1 Å². The van der Waals surface area contributed by atoms with Crippen molar-refractivity contribution < 1.29 is 18.9 Å². The van der Waals surface area contributed by atoms with E-state index in [4.69, 9.17) is 0 Å². The quantitative estimate of drug-likeness (QED) is 0.312. The third-order valence-electron chi connectivity index (χ3n) is 5.56. The molecule has 1 aliphatic rings. The molecule has 0 unspecified atom stereocenters. The van der Waals surface area contributed by atoms with Gasteiger partial charge in [0, 0.05) is 17.8 Å². The van der Waals surface area contributed by atoms with Crippen LogP contribution in [0.5, 0.6) is 0 Å². The number of rotatable bonds is 5. The highest BCUT2D eigenvalue weighted by molar-refractivity contribution is 6.46. The predicted molar refractivity (Wildman–Crippen MR) is 128 cm³/mol. The normalized spacial score (nSPS) is 14.1. The van der Waals surface area contributed by atoms with Crippen molar-refractivity contribution in [3.8, 4) is 0 Å². The van der Waals surface area contributed by atoms with Gasteiger partial charge in [0.25, 0.3) is 17.5 Å². The number of carbonyl (C=O) groups is 2. The van der Waals surface area contributed by atoms with Crippen molar-refractivity contribution in [1.82, 2.24) is 0 Å². The molecule has 2 amide bonds. The number of amides is 2. The van der Waals surface area contributed by atoms with Crippen molar-refractivity contribution in [3.63, 3.8) is 0 Å². The lowest BCUT2D eigenvalue weighted by molar-refractivity contribution is -0.384. The van der Waals surface area contributed by atoms with Gasteiger partial charge in [0.15, 0.2) is 0 Å². The fourth-order valence-corrected chi connectivity index (χ4v) is 3.69. The van der Waals surface area contributed by atoms with Gasteiger partial charge in [-0.15, -0.1) is 0 Å². The molecule has 4 rings (SSSR count). The number of carbonyl (C=O) groups excluding carboxylic acids is 2. The van der Waals surface area contributed by atoms with E-state index in [1.165, 1.54) is 36.4 Å². The van der Waals surface area contributed by atoms with E-state index in [0.29, 0.717) is 11.3 Å². The summed E-state index contributed by atoms with van der Waals surface area (Å²) < 4.78 is 13.4. The summed E-state index contributed by atoms with van der Waals surface area (Å²) in [4.78, 5) is 38.2. The van der Waals surface area contributed by atoms with Gasteiger partial charge in [-0.3, -0.25) is 19.7 Å². The van der Waals surface area contributed by atoms with Crippen molar-refractivity contribution in [2.24, 2.45) is 0 Å². The first kappa shape index (κ1) is 22.8. The van der Waals surface area contributed by atoms with E-state index in [2.05, 4.69) is 26.1 Å². The average molecular weight is 459 g/mol. The summed E-state index contributed by atoms with van der Waals surface area (Å²) in [6, 6.07) is 17.9. The van der Waals surface area contributed by atoms with E-state index >= 15 is 0 Å². The zero-order valence-electron chi connectivity index (χ0n) is 18.8. The van der Waals surface area contributed by atoms with Gasteiger partial charge in [-0.2, -0.15) is 0 Å². The second kappa shape index (κ2) is 8.55. The molecule has 3 aromatic rings. The van der Waals surface area contributed by atoms with E-state index in [-0.39, 0.29) is 28.1 Å². The molecule has 0 aromatic heterocycles. The van der Waals surface area contributed by atoms with Crippen LogP contribution in [-0.2, 0) is 15.0 Å². The number of hydrogen-bond donors (Lipinski definition) is 1. The number of non-ortho nitro benzene ring substituents is 1. The molecule has 1 heterocycles. The van der Waals surface area contributed by atoms with Crippen LogP contribution in [0.1, 0.15) is 31.9 Å². The molecule has 1 aliphatic heterocycles. The summed E-state index contributed by atoms with van der Waals surface area (Å²) in [6.45, 7) is 6.26. The summed E-state index contributed by atoms with van der Waals surface area (Å²) in [5.74, 6) is -1.71. The number of nitrogens with one attached hydrogen (secondary N) is 1. The van der Waals surface area contributed by atoms with Crippen molar-refractivity contribution in [2.45, 2.75) is 26.2 Å². The Bertz CT molecular complexity index is 1310. The lowest BCUT2D eigenvalue weighted by Crippen LogP contribution is -2.32. The highest BCUT2D eigenvalue weighted by Crippen LogP contribution is 2.35. The fraction of sp³-hybridized carbons (Fsp3) is 0.154. The Morgan fingerprint density at radius 3 is 1.97 bits per heavy atom. The van der Waals surface area contributed by atoms with E-state index in [0.717, 1.165) is 22.6 Å². The monoisotopic (exact) mass is 459 g/mol. The van der Waals surface area contributed by atoms with E-state index in [1.54, 1.807) is 0 Å². The molecule has 0 radical (unpaired) electrons. The summed E-state index contributed by atoms with van der Waals surface area (Å²) in [6.07, 6.45) is 0. The Kier molecular flexibility index (Phi) is 5.75. The van der Waals surface area contributed by atoms with E-state index in [1.807, 2.05) is 24.3 Å². The first-order valence-electron chi connectivity index (χ1n) is 10.6. The number of nitro groups is 1. The molecule has 0 saturated heterocycles. The van der Waals surface area contributed by atoms with Crippen LogP contribution in [0.25, 0.3) is 5.57 Å². The number of nitro benzene ring substituents is 1. The maximum atomic E-state index is 13.4. The van der Waals surface area contributed by atoms with Crippen LogP contribution in [0.2, 0.25) is 0 Å². The van der Waals surface area contributed by atoms with Gasteiger partial charge in [-0.1, -0.05) is 32.9 Å². The molecule has 7 nitrogen and oxygen atoms in total. The van der Waals surface area contributed by atoms with Gasteiger partial charge in [-0.05, 0) is 65.1 Å². The van der Waals surface area contributed by atoms with Gasteiger partial charge in [0.1, 0.15) is 11.5 Å². The number of halogens is 1. The third kappa shape index (κ3) is 4.30. The molecule has 172 valence electrons. The molecule has 34 heavy (non-hydrogen) atoms. The standard InChI is InChI=1S/C26H22FN3O4/c1-26(2,3)17-6-10-19(11-7-17)28-23-22(16-4-12-21(13-5-16)30(33)34)24(31)29(25(23)32)20-14-8-18(27)9-15-20/h4-15,28H,1-3H3. The topological polar surface area (TPSA) is 92.6 Å². The van der Waals surface area contributed by atoms with Crippen LogP contribution in [0.3, 0.4) is 0 Å². The summed E-state index contributed by atoms with van der Waals surface area (Å²) in [5, 5.41) is 14.1. The Morgan fingerprint density at radius 2 is 1.44 bits per heavy atom. The second-order valence-corrected chi connectivity index (χ2v) is 8.93. The highest BCUT2D eigenvalue weighted by Gasteiger charge is 2.40. The van der Waals surface area contributed by atoms with Gasteiger partial charge in [-0.25, -0.2) is 9.29 Å². The highest BCUT2D eigenvalue weighted by atomic mass is 19.1. The molecule has 3 aromatic carbocycles. The summed E-state index contributed by atoms with van der Waals surface area (Å²) in [5.41, 5.74) is 2.19. The van der Waals surface area contributed by atoms with Crippen LogP contribution in [0.15, 0.2) is 78.5 Å². The molecule has 0 atom stereocenters. The van der Waals surface area contributed by atoms with Crippen LogP contribution >= 0.6 is 0 Å². The predicted octanol–water partition coefficient (Wildman–Crippen LogP) is 5.43. The Morgan fingerprint density at radius 1 is 0.853 bits per heavy atom. The number of imide groups is 1. The number of benzene rings is 3. The number of nitrogens with zero attached hydrogens (tertiary/aromatic N) is 2. The van der Waals surface area contributed by atoms with Crippen molar-refractivity contribution >= 4 is 34.4 Å². The molecular formula is C26H22FN3O4. The van der Waals surface area contributed by atoms with Gasteiger partial charge >= 0.3 is 0 Å². The fourth-order valence-electron chi connectivity index (χ4n) is 3.69. The zero-order valence-corrected chi connectivity index (χ0v) is 18.8. The molecule has 8 heteroatoms. The number of anilines is 2. The zero-order chi connectivity index (χ0) is 24.6. The van der Waals surface area contributed by atoms with Crippen molar-refractivity contribution in [2.75, 3.05) is 10.2 Å². The van der Waals surface area contributed by atoms with Crippen LogP contribution in [-0.4, -0.2) is 16.7 Å². The van der Waals surface area contributed by atoms with Gasteiger partial charge in [0.2, 0.25) is 0 Å². The van der Waals surface area contributed by atoms with E-state index < -0.39 is 22.6 Å².